The van der Waals surface area contributed by atoms with E-state index in [0.29, 0.717) is 17.3 Å². The fourth-order valence-corrected chi connectivity index (χ4v) is 2.45. The van der Waals surface area contributed by atoms with Crippen LogP contribution in [0.25, 0.3) is 0 Å². The normalized spacial score (nSPS) is 10.4. The van der Waals surface area contributed by atoms with Gasteiger partial charge in [-0.1, -0.05) is 12.1 Å². The molecule has 6 heteroatoms. The van der Waals surface area contributed by atoms with Crippen molar-refractivity contribution in [1.29, 1.82) is 0 Å². The molecule has 1 N–H and O–H groups in total. The van der Waals surface area contributed by atoms with E-state index in [1.54, 1.807) is 6.07 Å². The first-order valence-corrected chi connectivity index (χ1v) is 8.01. The number of aromatic nitrogens is 2. The second-order valence-corrected chi connectivity index (χ2v) is 5.66. The second-order valence-electron chi connectivity index (χ2n) is 4.80. The van der Waals surface area contributed by atoms with Gasteiger partial charge in [-0.15, -0.1) is 0 Å². The van der Waals surface area contributed by atoms with Crippen LogP contribution in [0.4, 0.5) is 11.6 Å². The van der Waals surface area contributed by atoms with Crippen LogP contribution in [-0.2, 0) is 0 Å². The number of anilines is 2. The van der Waals surface area contributed by atoms with Gasteiger partial charge in [0, 0.05) is 23.3 Å². The minimum Gasteiger partial charge on any atom is -0.341 e. The van der Waals surface area contributed by atoms with E-state index in [2.05, 4.69) is 31.2 Å². The summed E-state index contributed by atoms with van der Waals surface area (Å²) in [7, 11) is 0. The summed E-state index contributed by atoms with van der Waals surface area (Å²) in [6.45, 7) is 7.53. The highest BCUT2D eigenvalue weighted by Gasteiger charge is 2.14. The van der Waals surface area contributed by atoms with Crippen LogP contribution in [0.2, 0.25) is 0 Å². The fourth-order valence-electron chi connectivity index (χ4n) is 2.07. The van der Waals surface area contributed by atoms with Gasteiger partial charge in [-0.2, -0.15) is 0 Å². The number of halogens is 1. The maximum atomic E-state index is 12.4. The molecule has 116 valence electrons. The Hall–Kier alpha value is -1.95. The minimum absolute atomic E-state index is 0.245. The smallest absolute Gasteiger partial charge is 0.274 e. The number of benzene rings is 1. The van der Waals surface area contributed by atoms with Crippen LogP contribution < -0.4 is 10.2 Å². The van der Waals surface area contributed by atoms with Crippen molar-refractivity contribution in [3.05, 3.63) is 46.2 Å². The minimum atomic E-state index is -0.245. The highest BCUT2D eigenvalue weighted by Crippen LogP contribution is 2.22. The van der Waals surface area contributed by atoms with Crippen molar-refractivity contribution < 1.29 is 4.79 Å². The monoisotopic (exact) mass is 362 g/mol. The Labute approximate surface area is 138 Å². The Morgan fingerprint density at radius 1 is 1.23 bits per heavy atom. The molecule has 0 aliphatic carbocycles. The third-order valence-corrected chi connectivity index (χ3v) is 3.93. The zero-order chi connectivity index (χ0) is 16.1. The van der Waals surface area contributed by atoms with E-state index in [4.69, 9.17) is 0 Å². The lowest BCUT2D eigenvalue weighted by atomic mass is 10.3. The number of rotatable bonds is 5. The molecule has 0 unspecified atom stereocenters. The number of nitrogens with one attached hydrogen (secondary N) is 1. The Bertz CT molecular complexity index is 671. The Morgan fingerprint density at radius 3 is 2.55 bits per heavy atom. The fraction of sp³-hybridized carbons (Fsp3) is 0.312. The molecule has 1 heterocycles. The van der Waals surface area contributed by atoms with Gasteiger partial charge < -0.3 is 10.2 Å². The van der Waals surface area contributed by atoms with E-state index in [9.17, 15) is 4.79 Å². The average Bonchev–Trinajstić information content (AvgIpc) is 2.50. The van der Waals surface area contributed by atoms with Gasteiger partial charge in [0.1, 0.15) is 5.69 Å². The molecule has 0 atom stereocenters. The number of carbonyl (C=O) groups excluding carboxylic acids is 1. The molecule has 0 aliphatic rings. The third-order valence-electron chi connectivity index (χ3n) is 3.24. The van der Waals surface area contributed by atoms with Gasteiger partial charge in [-0.05, 0) is 54.9 Å². The molecule has 22 heavy (non-hydrogen) atoms. The SMILES string of the molecule is CCN(CC)c1nc(C)cc(C(=O)Nc2ccccc2Br)n1. The van der Waals surface area contributed by atoms with Crippen molar-refractivity contribution in [2.24, 2.45) is 0 Å². The van der Waals surface area contributed by atoms with Crippen molar-refractivity contribution >= 4 is 33.5 Å². The predicted molar refractivity (Wildman–Crippen MR) is 92.4 cm³/mol. The first-order chi connectivity index (χ1) is 10.5. The summed E-state index contributed by atoms with van der Waals surface area (Å²) in [6.07, 6.45) is 0. The molecular formula is C16H19BrN4O. The molecule has 0 radical (unpaired) electrons. The van der Waals surface area contributed by atoms with Crippen LogP contribution in [0.5, 0.6) is 0 Å². The molecule has 2 rings (SSSR count). The number of nitrogens with zero attached hydrogens (tertiary/aromatic N) is 3. The summed E-state index contributed by atoms with van der Waals surface area (Å²) in [6, 6.07) is 9.17. The molecule has 1 amide bonds. The van der Waals surface area contributed by atoms with Gasteiger partial charge in [0.2, 0.25) is 5.95 Å². The van der Waals surface area contributed by atoms with Crippen molar-refractivity contribution in [2.45, 2.75) is 20.8 Å². The van der Waals surface area contributed by atoms with E-state index in [1.807, 2.05) is 49.9 Å². The lowest BCUT2D eigenvalue weighted by Gasteiger charge is -2.19. The van der Waals surface area contributed by atoms with Crippen LogP contribution in [0.15, 0.2) is 34.8 Å². The van der Waals surface area contributed by atoms with Crippen molar-refractivity contribution in [3.63, 3.8) is 0 Å². The first kappa shape index (κ1) is 16.4. The van der Waals surface area contributed by atoms with E-state index in [1.165, 1.54) is 0 Å². The Balaban J connectivity index is 2.28. The molecular weight excluding hydrogens is 344 g/mol. The van der Waals surface area contributed by atoms with Crippen molar-refractivity contribution in [2.75, 3.05) is 23.3 Å². The summed E-state index contributed by atoms with van der Waals surface area (Å²) >= 11 is 3.42. The number of aryl methyl sites for hydroxylation is 1. The topological polar surface area (TPSA) is 58.1 Å². The molecule has 0 aliphatic heterocycles. The van der Waals surface area contributed by atoms with Crippen LogP contribution in [0.3, 0.4) is 0 Å². The van der Waals surface area contributed by atoms with Gasteiger partial charge in [-0.25, -0.2) is 9.97 Å². The number of para-hydroxylation sites is 1. The summed E-state index contributed by atoms with van der Waals surface area (Å²) in [5.74, 6) is 0.341. The van der Waals surface area contributed by atoms with Crippen molar-refractivity contribution in [3.8, 4) is 0 Å². The number of hydrogen-bond acceptors (Lipinski definition) is 4. The van der Waals surface area contributed by atoms with Crippen molar-refractivity contribution in [1.82, 2.24) is 9.97 Å². The second kappa shape index (κ2) is 7.35. The van der Waals surface area contributed by atoms with Gasteiger partial charge >= 0.3 is 0 Å². The molecule has 0 saturated heterocycles. The quantitative estimate of drug-likeness (QED) is 0.881. The highest BCUT2D eigenvalue weighted by atomic mass is 79.9. The average molecular weight is 363 g/mol. The molecule has 1 aromatic heterocycles. The van der Waals surface area contributed by atoms with Gasteiger partial charge in [0.05, 0.1) is 5.69 Å². The van der Waals surface area contributed by atoms with E-state index in [-0.39, 0.29) is 5.91 Å². The van der Waals surface area contributed by atoms with Crippen LogP contribution in [-0.4, -0.2) is 29.0 Å². The molecule has 0 fully saturated rings. The third kappa shape index (κ3) is 3.82. The molecule has 5 nitrogen and oxygen atoms in total. The lowest BCUT2D eigenvalue weighted by molar-refractivity contribution is 0.102. The Morgan fingerprint density at radius 2 is 1.91 bits per heavy atom. The van der Waals surface area contributed by atoms with Crippen LogP contribution in [0.1, 0.15) is 30.0 Å². The first-order valence-electron chi connectivity index (χ1n) is 7.21. The maximum absolute atomic E-state index is 12.4. The largest absolute Gasteiger partial charge is 0.341 e. The molecule has 0 bridgehead atoms. The summed E-state index contributed by atoms with van der Waals surface area (Å²) < 4.78 is 0.832. The maximum Gasteiger partial charge on any atom is 0.274 e. The van der Waals surface area contributed by atoms with Gasteiger partial charge in [-0.3, -0.25) is 4.79 Å². The highest BCUT2D eigenvalue weighted by molar-refractivity contribution is 9.10. The van der Waals surface area contributed by atoms with Gasteiger partial charge in [0.15, 0.2) is 0 Å². The number of hydrogen-bond donors (Lipinski definition) is 1. The molecule has 1 aromatic carbocycles. The van der Waals surface area contributed by atoms with Crippen LogP contribution in [0, 0.1) is 6.92 Å². The predicted octanol–water partition coefficient (Wildman–Crippen LogP) is 3.65. The summed E-state index contributed by atoms with van der Waals surface area (Å²) in [5, 5.41) is 2.86. The van der Waals surface area contributed by atoms with E-state index < -0.39 is 0 Å². The summed E-state index contributed by atoms with van der Waals surface area (Å²) in [4.78, 5) is 23.2. The molecule has 2 aromatic rings. The number of carbonyl (C=O) groups is 1. The van der Waals surface area contributed by atoms with Crippen LogP contribution >= 0.6 is 15.9 Å². The molecule has 0 spiro atoms. The molecule has 0 saturated carbocycles. The van der Waals surface area contributed by atoms with E-state index >= 15 is 0 Å². The van der Waals surface area contributed by atoms with Gasteiger partial charge in [0.25, 0.3) is 5.91 Å². The lowest BCUT2D eigenvalue weighted by Crippen LogP contribution is -2.26. The number of amides is 1. The van der Waals surface area contributed by atoms with E-state index in [0.717, 1.165) is 23.3 Å². The Kier molecular flexibility index (Phi) is 5.49. The standard InChI is InChI=1S/C16H19BrN4O/c1-4-21(5-2)16-18-11(3)10-14(20-16)15(22)19-13-9-7-6-8-12(13)17/h6-10H,4-5H2,1-3H3,(H,19,22). The zero-order valence-electron chi connectivity index (χ0n) is 12.9. The summed E-state index contributed by atoms with van der Waals surface area (Å²) in [5.41, 5.74) is 1.85. The zero-order valence-corrected chi connectivity index (χ0v) is 14.5.